The topological polar surface area (TPSA) is 29.5 Å². The number of methoxy groups -OCH3 is 1. The number of nitrogens with zero attached hydrogens (tertiary/aromatic N) is 1. The third kappa shape index (κ3) is 7.37. The van der Waals surface area contributed by atoms with Crippen molar-refractivity contribution in [2.45, 2.75) is 52.0 Å². The largest absolute Gasteiger partial charge is 0.469 e. The van der Waals surface area contributed by atoms with E-state index in [2.05, 4.69) is 30.5 Å². The van der Waals surface area contributed by atoms with Gasteiger partial charge < -0.3 is 9.64 Å². The molecule has 0 rings (SSSR count). The minimum absolute atomic E-state index is 0.123. The van der Waals surface area contributed by atoms with Gasteiger partial charge in [0.2, 0.25) is 0 Å². The van der Waals surface area contributed by atoms with E-state index in [4.69, 9.17) is 0 Å². The average molecular weight is 215 g/mol. The number of ether oxygens (including phenoxy) is 1. The molecule has 0 saturated heterocycles. The van der Waals surface area contributed by atoms with E-state index in [1.807, 2.05) is 0 Å². The maximum absolute atomic E-state index is 11.0. The lowest BCUT2D eigenvalue weighted by molar-refractivity contribution is -0.141. The fourth-order valence-electron chi connectivity index (χ4n) is 1.50. The van der Waals surface area contributed by atoms with Crippen molar-refractivity contribution in [3.05, 3.63) is 0 Å². The maximum atomic E-state index is 11.0. The van der Waals surface area contributed by atoms with Crippen LogP contribution in [-0.4, -0.2) is 37.6 Å². The Balaban J connectivity index is 3.59. The molecule has 0 aliphatic carbocycles. The van der Waals surface area contributed by atoms with Crippen LogP contribution in [0.15, 0.2) is 0 Å². The van der Waals surface area contributed by atoms with E-state index in [9.17, 15) is 4.79 Å². The second-order valence-electron chi connectivity index (χ2n) is 4.15. The third-order valence-electron chi connectivity index (χ3n) is 2.87. The van der Waals surface area contributed by atoms with Crippen LogP contribution < -0.4 is 0 Å². The average Bonchev–Trinajstić information content (AvgIpc) is 2.25. The molecule has 0 radical (unpaired) electrons. The van der Waals surface area contributed by atoms with Crippen molar-refractivity contribution in [1.29, 1.82) is 0 Å². The van der Waals surface area contributed by atoms with Gasteiger partial charge in [0.05, 0.1) is 13.5 Å². The predicted molar refractivity (Wildman–Crippen MR) is 62.9 cm³/mol. The highest BCUT2D eigenvalue weighted by Gasteiger charge is 2.10. The number of carbonyl (C=O) groups is 1. The minimum Gasteiger partial charge on any atom is -0.469 e. The summed E-state index contributed by atoms with van der Waals surface area (Å²) < 4.78 is 4.61. The minimum atomic E-state index is -0.123. The lowest BCUT2D eigenvalue weighted by Crippen LogP contribution is -2.31. The Morgan fingerprint density at radius 3 is 2.60 bits per heavy atom. The van der Waals surface area contributed by atoms with Gasteiger partial charge in [0.15, 0.2) is 0 Å². The molecule has 0 amide bonds. The molecular weight excluding hydrogens is 190 g/mol. The van der Waals surface area contributed by atoms with Gasteiger partial charge in [-0.05, 0) is 20.4 Å². The molecule has 0 unspecified atom stereocenters. The summed E-state index contributed by atoms with van der Waals surface area (Å²) in [5, 5.41) is 0. The van der Waals surface area contributed by atoms with Gasteiger partial charge in [-0.3, -0.25) is 4.79 Å². The molecular formula is C12H25NO2. The van der Waals surface area contributed by atoms with E-state index in [0.717, 1.165) is 6.54 Å². The fourth-order valence-corrected chi connectivity index (χ4v) is 1.50. The van der Waals surface area contributed by atoms with Crippen molar-refractivity contribution in [2.24, 2.45) is 0 Å². The van der Waals surface area contributed by atoms with Gasteiger partial charge in [-0.15, -0.1) is 0 Å². The van der Waals surface area contributed by atoms with Gasteiger partial charge in [0.1, 0.15) is 0 Å². The monoisotopic (exact) mass is 215 g/mol. The normalized spacial score (nSPS) is 12.9. The van der Waals surface area contributed by atoms with Crippen molar-refractivity contribution in [3.8, 4) is 0 Å². The Kier molecular flexibility index (Phi) is 8.38. The van der Waals surface area contributed by atoms with Crippen LogP contribution in [0.2, 0.25) is 0 Å². The highest BCUT2D eigenvalue weighted by molar-refractivity contribution is 5.69. The van der Waals surface area contributed by atoms with Crippen LogP contribution in [0.5, 0.6) is 0 Å². The van der Waals surface area contributed by atoms with E-state index in [1.54, 1.807) is 0 Å². The molecule has 0 fully saturated rings. The van der Waals surface area contributed by atoms with Crippen LogP contribution in [0, 0.1) is 0 Å². The molecule has 0 heterocycles. The lowest BCUT2D eigenvalue weighted by Gasteiger charge is -2.24. The molecule has 0 aromatic heterocycles. The molecule has 0 aliphatic rings. The Labute approximate surface area is 93.8 Å². The van der Waals surface area contributed by atoms with Crippen molar-refractivity contribution in [1.82, 2.24) is 4.90 Å². The third-order valence-corrected chi connectivity index (χ3v) is 2.87. The first-order valence-corrected chi connectivity index (χ1v) is 5.88. The fraction of sp³-hybridized carbons (Fsp3) is 0.917. The summed E-state index contributed by atoms with van der Waals surface area (Å²) in [6, 6.07) is 0.557. The van der Waals surface area contributed by atoms with Gasteiger partial charge in [-0.25, -0.2) is 0 Å². The summed E-state index contributed by atoms with van der Waals surface area (Å²) in [6.07, 6.45) is 5.55. The van der Waals surface area contributed by atoms with E-state index >= 15 is 0 Å². The number of unbranched alkanes of at least 4 members (excludes halogenated alkanes) is 2. The van der Waals surface area contributed by atoms with Crippen LogP contribution in [0.4, 0.5) is 0 Å². The molecule has 90 valence electrons. The summed E-state index contributed by atoms with van der Waals surface area (Å²) in [5.41, 5.74) is 0. The number of carbonyl (C=O) groups excluding carboxylic acids is 1. The summed E-state index contributed by atoms with van der Waals surface area (Å²) >= 11 is 0. The van der Waals surface area contributed by atoms with E-state index in [-0.39, 0.29) is 5.97 Å². The number of rotatable bonds is 8. The molecule has 15 heavy (non-hydrogen) atoms. The zero-order chi connectivity index (χ0) is 11.7. The number of hydrogen-bond acceptors (Lipinski definition) is 3. The highest BCUT2D eigenvalue weighted by Crippen LogP contribution is 2.08. The molecule has 0 aliphatic heterocycles. The molecule has 0 bridgehead atoms. The van der Waals surface area contributed by atoms with Gasteiger partial charge in [0, 0.05) is 12.6 Å². The number of esters is 1. The molecule has 0 aromatic carbocycles. The van der Waals surface area contributed by atoms with E-state index in [1.165, 1.54) is 32.8 Å². The van der Waals surface area contributed by atoms with Gasteiger partial charge >= 0.3 is 5.97 Å². The molecule has 0 aromatic rings. The second-order valence-corrected chi connectivity index (χ2v) is 4.15. The van der Waals surface area contributed by atoms with E-state index < -0.39 is 0 Å². The second kappa shape index (κ2) is 8.72. The van der Waals surface area contributed by atoms with Crippen LogP contribution in [-0.2, 0) is 9.53 Å². The van der Waals surface area contributed by atoms with Crippen LogP contribution >= 0.6 is 0 Å². The Hall–Kier alpha value is -0.570. The SMILES string of the molecule is CCCCC[C@@H](C)N(C)CCC(=O)OC. The molecule has 3 heteroatoms. The Morgan fingerprint density at radius 1 is 1.40 bits per heavy atom. The molecule has 0 N–H and O–H groups in total. The van der Waals surface area contributed by atoms with Crippen molar-refractivity contribution >= 4 is 5.97 Å². The zero-order valence-electron chi connectivity index (χ0n) is 10.6. The van der Waals surface area contributed by atoms with Gasteiger partial charge in [-0.1, -0.05) is 26.2 Å². The molecule has 0 spiro atoms. The zero-order valence-corrected chi connectivity index (χ0v) is 10.6. The predicted octanol–water partition coefficient (Wildman–Crippen LogP) is 2.45. The van der Waals surface area contributed by atoms with Gasteiger partial charge in [0.25, 0.3) is 0 Å². The molecule has 0 saturated carbocycles. The smallest absolute Gasteiger partial charge is 0.306 e. The highest BCUT2D eigenvalue weighted by atomic mass is 16.5. The maximum Gasteiger partial charge on any atom is 0.306 e. The van der Waals surface area contributed by atoms with Crippen LogP contribution in [0.3, 0.4) is 0 Å². The molecule has 1 atom stereocenters. The Bertz CT molecular complexity index is 171. The Morgan fingerprint density at radius 2 is 2.07 bits per heavy atom. The summed E-state index contributed by atoms with van der Waals surface area (Å²) in [6.45, 7) is 5.22. The van der Waals surface area contributed by atoms with Crippen molar-refractivity contribution in [2.75, 3.05) is 20.7 Å². The van der Waals surface area contributed by atoms with Crippen LogP contribution in [0.25, 0.3) is 0 Å². The first-order valence-electron chi connectivity index (χ1n) is 5.88. The molecule has 3 nitrogen and oxygen atoms in total. The van der Waals surface area contributed by atoms with Crippen LogP contribution in [0.1, 0.15) is 46.0 Å². The first-order chi connectivity index (χ1) is 7.11. The standard InChI is InChI=1S/C12H25NO2/c1-5-6-7-8-11(2)13(3)10-9-12(14)15-4/h11H,5-10H2,1-4H3/t11-/m1/s1. The summed E-state index contributed by atoms with van der Waals surface area (Å²) in [4.78, 5) is 13.2. The van der Waals surface area contributed by atoms with Gasteiger partial charge in [-0.2, -0.15) is 0 Å². The van der Waals surface area contributed by atoms with Crippen molar-refractivity contribution < 1.29 is 9.53 Å². The summed E-state index contributed by atoms with van der Waals surface area (Å²) in [5.74, 6) is -0.123. The van der Waals surface area contributed by atoms with Crippen molar-refractivity contribution in [3.63, 3.8) is 0 Å². The first kappa shape index (κ1) is 14.4. The van der Waals surface area contributed by atoms with E-state index in [0.29, 0.717) is 12.5 Å². The quantitative estimate of drug-likeness (QED) is 0.460. The number of hydrogen-bond donors (Lipinski definition) is 0. The summed E-state index contributed by atoms with van der Waals surface area (Å²) in [7, 11) is 3.51. The lowest BCUT2D eigenvalue weighted by atomic mass is 10.1.